The molecule has 1 N–H and O–H groups in total. The van der Waals surface area contributed by atoms with Gasteiger partial charge in [-0.3, -0.25) is 4.79 Å². The molecule has 0 bridgehead atoms. The molecule has 2 heterocycles. The van der Waals surface area contributed by atoms with Crippen molar-refractivity contribution < 1.29 is 4.79 Å². The van der Waals surface area contributed by atoms with Crippen LogP contribution in [0, 0.1) is 5.92 Å². The molecule has 1 aliphatic heterocycles. The maximum atomic E-state index is 12.4. The molecule has 1 saturated carbocycles. The van der Waals surface area contributed by atoms with Crippen molar-refractivity contribution in [1.82, 2.24) is 10.2 Å². The van der Waals surface area contributed by atoms with Crippen molar-refractivity contribution in [2.24, 2.45) is 5.92 Å². The van der Waals surface area contributed by atoms with Gasteiger partial charge in [0.2, 0.25) is 5.91 Å². The number of carbonyl (C=O) groups excluding carboxylic acids is 1. The summed E-state index contributed by atoms with van der Waals surface area (Å²) in [6.45, 7) is 2.58. The molecule has 2 aliphatic rings. The Bertz CT molecular complexity index is 470. The highest BCUT2D eigenvalue weighted by atomic mass is 35.5. The molecule has 1 saturated heterocycles. The van der Waals surface area contributed by atoms with Crippen LogP contribution < -0.4 is 5.32 Å². The Morgan fingerprint density at radius 3 is 2.90 bits per heavy atom. The number of carbonyl (C=O) groups is 1. The van der Waals surface area contributed by atoms with Gasteiger partial charge in [0.25, 0.3) is 0 Å². The first-order chi connectivity index (χ1) is 9.74. The van der Waals surface area contributed by atoms with Gasteiger partial charge in [-0.1, -0.05) is 24.4 Å². The van der Waals surface area contributed by atoms with Crippen molar-refractivity contribution in [3.05, 3.63) is 21.3 Å². The summed E-state index contributed by atoms with van der Waals surface area (Å²) in [5.41, 5.74) is 0. The quantitative estimate of drug-likeness (QED) is 0.925. The highest BCUT2D eigenvalue weighted by Gasteiger charge is 2.32. The Kier molecular flexibility index (Phi) is 4.64. The number of rotatable bonds is 4. The second-order valence-corrected chi connectivity index (χ2v) is 7.23. The first kappa shape index (κ1) is 14.4. The average Bonchev–Trinajstić information content (AvgIpc) is 3.18. The van der Waals surface area contributed by atoms with Gasteiger partial charge in [-0.2, -0.15) is 0 Å². The van der Waals surface area contributed by atoms with E-state index in [0.717, 1.165) is 43.9 Å². The third kappa shape index (κ3) is 3.18. The van der Waals surface area contributed by atoms with E-state index >= 15 is 0 Å². The monoisotopic (exact) mass is 312 g/mol. The van der Waals surface area contributed by atoms with Gasteiger partial charge in [0.05, 0.1) is 5.02 Å². The first-order valence-electron chi connectivity index (χ1n) is 7.48. The van der Waals surface area contributed by atoms with Crippen LogP contribution in [-0.4, -0.2) is 29.9 Å². The minimum Gasteiger partial charge on any atom is -0.341 e. The summed E-state index contributed by atoms with van der Waals surface area (Å²) < 4.78 is 0. The number of nitrogens with zero attached hydrogens (tertiary/aromatic N) is 1. The molecule has 1 aliphatic carbocycles. The third-order valence-electron chi connectivity index (χ3n) is 4.45. The lowest BCUT2D eigenvalue weighted by atomic mass is 10.1. The van der Waals surface area contributed by atoms with Crippen LogP contribution in [0.1, 0.15) is 37.0 Å². The Morgan fingerprint density at radius 2 is 2.20 bits per heavy atom. The van der Waals surface area contributed by atoms with Crippen molar-refractivity contribution in [3.8, 4) is 0 Å². The molecule has 3 rings (SSSR count). The van der Waals surface area contributed by atoms with Gasteiger partial charge in [-0.25, -0.2) is 0 Å². The molecular formula is C15H21ClN2OS. The molecule has 1 amide bonds. The predicted molar refractivity (Wildman–Crippen MR) is 83.1 cm³/mol. The number of nitrogens with one attached hydrogen (secondary N) is 1. The fourth-order valence-electron chi connectivity index (χ4n) is 3.25. The molecule has 20 heavy (non-hydrogen) atoms. The fourth-order valence-corrected chi connectivity index (χ4v) is 4.30. The predicted octanol–water partition coefficient (Wildman–Crippen LogP) is 3.28. The van der Waals surface area contributed by atoms with Crippen LogP contribution in [-0.2, 0) is 11.3 Å². The first-order valence-corrected chi connectivity index (χ1v) is 8.74. The van der Waals surface area contributed by atoms with Gasteiger partial charge in [0.15, 0.2) is 0 Å². The van der Waals surface area contributed by atoms with E-state index < -0.39 is 0 Å². The summed E-state index contributed by atoms with van der Waals surface area (Å²) in [5, 5.41) is 6.40. The molecule has 5 heteroatoms. The Hall–Kier alpha value is -0.580. The minimum absolute atomic E-state index is 0.306. The van der Waals surface area contributed by atoms with Crippen LogP contribution in [0.2, 0.25) is 5.02 Å². The Labute approximate surface area is 129 Å². The van der Waals surface area contributed by atoms with E-state index in [9.17, 15) is 4.79 Å². The Balaban J connectivity index is 1.47. The largest absolute Gasteiger partial charge is 0.341 e. The molecule has 0 aromatic carbocycles. The van der Waals surface area contributed by atoms with Gasteiger partial charge >= 0.3 is 0 Å². The van der Waals surface area contributed by atoms with E-state index in [1.54, 1.807) is 11.3 Å². The molecule has 3 nitrogen and oxygen atoms in total. The number of amides is 1. The number of hydrogen-bond acceptors (Lipinski definition) is 3. The van der Waals surface area contributed by atoms with Gasteiger partial charge < -0.3 is 10.2 Å². The van der Waals surface area contributed by atoms with Gasteiger partial charge in [0.1, 0.15) is 0 Å². The average molecular weight is 313 g/mol. The van der Waals surface area contributed by atoms with Crippen molar-refractivity contribution in [1.29, 1.82) is 0 Å². The minimum atomic E-state index is 0.306. The Morgan fingerprint density at radius 1 is 1.40 bits per heavy atom. The van der Waals surface area contributed by atoms with Crippen molar-refractivity contribution >= 4 is 28.8 Å². The molecule has 1 atom stereocenters. The van der Waals surface area contributed by atoms with E-state index in [0.29, 0.717) is 17.9 Å². The van der Waals surface area contributed by atoms with Crippen LogP contribution in [0.25, 0.3) is 0 Å². The van der Waals surface area contributed by atoms with Crippen LogP contribution in [0.15, 0.2) is 11.4 Å². The maximum Gasteiger partial charge on any atom is 0.225 e. The molecule has 0 unspecified atom stereocenters. The van der Waals surface area contributed by atoms with E-state index in [4.69, 9.17) is 11.6 Å². The second kappa shape index (κ2) is 6.46. The lowest BCUT2D eigenvalue weighted by molar-refractivity contribution is -0.134. The lowest BCUT2D eigenvalue weighted by Crippen LogP contribution is -2.37. The highest BCUT2D eigenvalue weighted by molar-refractivity contribution is 7.10. The van der Waals surface area contributed by atoms with Gasteiger partial charge in [-0.15, -0.1) is 11.3 Å². The molecule has 110 valence electrons. The molecule has 0 radical (unpaired) electrons. The summed E-state index contributed by atoms with van der Waals surface area (Å²) >= 11 is 7.78. The van der Waals surface area contributed by atoms with Crippen LogP contribution in [0.3, 0.4) is 0 Å². The maximum absolute atomic E-state index is 12.4. The SMILES string of the molecule is O=C(C1CCCC1)N1CC[C@@H](NCc2sccc2Cl)C1. The fraction of sp³-hybridized carbons (Fsp3) is 0.667. The van der Waals surface area contributed by atoms with Crippen LogP contribution >= 0.6 is 22.9 Å². The van der Waals surface area contributed by atoms with Crippen LogP contribution in [0.4, 0.5) is 0 Å². The molecule has 1 aromatic heterocycles. The van der Waals surface area contributed by atoms with Crippen molar-refractivity contribution in [2.75, 3.05) is 13.1 Å². The van der Waals surface area contributed by atoms with Gasteiger partial charge in [0, 0.05) is 36.5 Å². The second-order valence-electron chi connectivity index (χ2n) is 5.82. The molecule has 0 spiro atoms. The van der Waals surface area contributed by atoms with E-state index in [2.05, 4.69) is 10.2 Å². The molecular weight excluding hydrogens is 292 g/mol. The summed E-state index contributed by atoms with van der Waals surface area (Å²) in [5.74, 6) is 0.696. The normalized spacial score (nSPS) is 23.6. The zero-order chi connectivity index (χ0) is 13.9. The third-order valence-corrected chi connectivity index (χ3v) is 5.83. The number of hydrogen-bond donors (Lipinski definition) is 1. The number of thiophene rings is 1. The molecule has 1 aromatic rings. The van der Waals surface area contributed by atoms with Crippen molar-refractivity contribution in [3.63, 3.8) is 0 Å². The molecule has 2 fully saturated rings. The summed E-state index contributed by atoms with van der Waals surface area (Å²) in [7, 11) is 0. The lowest BCUT2D eigenvalue weighted by Gasteiger charge is -2.20. The summed E-state index contributed by atoms with van der Waals surface area (Å²) in [6.07, 6.45) is 5.70. The number of halogens is 1. The summed E-state index contributed by atoms with van der Waals surface area (Å²) in [4.78, 5) is 15.6. The van der Waals surface area contributed by atoms with Gasteiger partial charge in [-0.05, 0) is 30.7 Å². The zero-order valence-electron chi connectivity index (χ0n) is 11.6. The van der Waals surface area contributed by atoms with E-state index in [1.165, 1.54) is 17.7 Å². The van der Waals surface area contributed by atoms with Crippen LogP contribution in [0.5, 0.6) is 0 Å². The zero-order valence-corrected chi connectivity index (χ0v) is 13.2. The van der Waals surface area contributed by atoms with E-state index in [1.807, 2.05) is 11.4 Å². The number of likely N-dealkylation sites (tertiary alicyclic amines) is 1. The highest BCUT2D eigenvalue weighted by Crippen LogP contribution is 2.28. The smallest absolute Gasteiger partial charge is 0.225 e. The standard InChI is InChI=1S/C15H21ClN2OS/c16-13-6-8-20-14(13)9-17-12-5-7-18(10-12)15(19)11-3-1-2-4-11/h6,8,11-12,17H,1-5,7,9-10H2/t12-/m1/s1. The van der Waals surface area contributed by atoms with E-state index in [-0.39, 0.29) is 0 Å². The topological polar surface area (TPSA) is 32.3 Å². The summed E-state index contributed by atoms with van der Waals surface area (Å²) in [6, 6.07) is 2.35. The van der Waals surface area contributed by atoms with Crippen molar-refractivity contribution in [2.45, 2.75) is 44.7 Å².